The van der Waals surface area contributed by atoms with E-state index in [0.717, 1.165) is 13.0 Å². The second-order valence-electron chi connectivity index (χ2n) is 4.50. The zero-order chi connectivity index (χ0) is 14.3. The van der Waals surface area contributed by atoms with Crippen LogP contribution in [-0.2, 0) is 0 Å². The topological polar surface area (TPSA) is 53.2 Å². The molecule has 0 saturated heterocycles. The number of halogens is 1. The summed E-state index contributed by atoms with van der Waals surface area (Å²) in [6.07, 6.45) is 0.975. The Morgan fingerprint density at radius 3 is 2.63 bits per heavy atom. The Balaban J connectivity index is 2.34. The van der Waals surface area contributed by atoms with Gasteiger partial charge in [-0.3, -0.25) is 15.6 Å². The zero-order valence-electron chi connectivity index (χ0n) is 11.0. The summed E-state index contributed by atoms with van der Waals surface area (Å²) in [4.78, 5) is 11.7. The fourth-order valence-electron chi connectivity index (χ4n) is 1.34. The fourth-order valence-corrected chi connectivity index (χ4v) is 1.50. The van der Waals surface area contributed by atoms with E-state index in [-0.39, 0.29) is 5.56 Å². The lowest BCUT2D eigenvalue weighted by Crippen LogP contribution is -2.47. The van der Waals surface area contributed by atoms with Gasteiger partial charge < -0.3 is 5.32 Å². The summed E-state index contributed by atoms with van der Waals surface area (Å²) in [5, 5.41) is 3.26. The van der Waals surface area contributed by atoms with Crippen molar-refractivity contribution >= 4 is 23.2 Å². The molecular weight excluding hydrogens is 265 g/mol. The highest BCUT2D eigenvalue weighted by Crippen LogP contribution is 2.05. The van der Waals surface area contributed by atoms with Gasteiger partial charge in [0.1, 0.15) is 5.82 Å². The van der Waals surface area contributed by atoms with Crippen molar-refractivity contribution in [2.24, 2.45) is 5.92 Å². The van der Waals surface area contributed by atoms with E-state index in [4.69, 9.17) is 12.2 Å². The Kier molecular flexibility index (Phi) is 6.21. The number of amides is 1. The van der Waals surface area contributed by atoms with Crippen LogP contribution in [0.4, 0.5) is 4.39 Å². The maximum atomic E-state index is 13.3. The minimum absolute atomic E-state index is 0.0278. The Morgan fingerprint density at radius 2 is 2.00 bits per heavy atom. The van der Waals surface area contributed by atoms with E-state index in [1.807, 2.05) is 0 Å². The molecule has 1 rings (SSSR count). The van der Waals surface area contributed by atoms with Crippen LogP contribution in [0.25, 0.3) is 0 Å². The van der Waals surface area contributed by atoms with Crippen LogP contribution in [0.2, 0.25) is 0 Å². The smallest absolute Gasteiger partial charge is 0.272 e. The number of benzene rings is 1. The van der Waals surface area contributed by atoms with E-state index in [1.54, 1.807) is 6.07 Å². The minimum Gasteiger partial charge on any atom is -0.361 e. The van der Waals surface area contributed by atoms with Gasteiger partial charge in [0.05, 0.1) is 5.56 Å². The summed E-state index contributed by atoms with van der Waals surface area (Å²) >= 11 is 4.98. The Morgan fingerprint density at radius 1 is 1.32 bits per heavy atom. The predicted molar refractivity (Wildman–Crippen MR) is 77.1 cm³/mol. The van der Waals surface area contributed by atoms with Crippen molar-refractivity contribution in [1.82, 2.24) is 16.2 Å². The average Bonchev–Trinajstić information content (AvgIpc) is 2.36. The third kappa shape index (κ3) is 5.65. The average molecular weight is 283 g/mol. The van der Waals surface area contributed by atoms with Crippen LogP contribution in [-0.4, -0.2) is 17.6 Å². The second kappa shape index (κ2) is 7.68. The van der Waals surface area contributed by atoms with Crippen LogP contribution in [0, 0.1) is 11.7 Å². The SMILES string of the molecule is CC(C)CCNC(=S)NNC(=O)c1ccccc1F. The van der Waals surface area contributed by atoms with E-state index in [1.165, 1.54) is 18.2 Å². The quantitative estimate of drug-likeness (QED) is 0.584. The minimum atomic E-state index is -0.569. The van der Waals surface area contributed by atoms with Gasteiger partial charge in [0, 0.05) is 6.54 Å². The molecule has 0 atom stereocenters. The van der Waals surface area contributed by atoms with E-state index < -0.39 is 11.7 Å². The molecule has 0 aliphatic rings. The first-order valence-corrected chi connectivity index (χ1v) is 6.50. The molecule has 104 valence electrons. The maximum absolute atomic E-state index is 13.3. The number of hydrogen-bond acceptors (Lipinski definition) is 2. The lowest BCUT2D eigenvalue weighted by molar-refractivity contribution is 0.0939. The van der Waals surface area contributed by atoms with E-state index in [0.29, 0.717) is 11.0 Å². The van der Waals surface area contributed by atoms with Crippen molar-refractivity contribution in [1.29, 1.82) is 0 Å². The van der Waals surface area contributed by atoms with Crippen molar-refractivity contribution in [3.8, 4) is 0 Å². The third-order valence-electron chi connectivity index (χ3n) is 2.42. The number of hydrazine groups is 1. The summed E-state index contributed by atoms with van der Waals surface area (Å²) in [5.74, 6) is -0.560. The molecule has 0 spiro atoms. The van der Waals surface area contributed by atoms with Crippen LogP contribution < -0.4 is 16.2 Å². The molecule has 1 aromatic rings. The molecule has 0 radical (unpaired) electrons. The van der Waals surface area contributed by atoms with Gasteiger partial charge in [0.2, 0.25) is 0 Å². The number of carbonyl (C=O) groups is 1. The first-order chi connectivity index (χ1) is 9.00. The lowest BCUT2D eigenvalue weighted by Gasteiger charge is -2.12. The number of rotatable bonds is 4. The summed E-state index contributed by atoms with van der Waals surface area (Å²) < 4.78 is 13.3. The molecule has 0 aliphatic carbocycles. The van der Waals surface area contributed by atoms with Crippen molar-refractivity contribution in [3.05, 3.63) is 35.6 Å². The largest absolute Gasteiger partial charge is 0.361 e. The molecule has 0 fully saturated rings. The number of nitrogens with one attached hydrogen (secondary N) is 3. The molecule has 0 bridgehead atoms. The second-order valence-corrected chi connectivity index (χ2v) is 4.91. The first kappa shape index (κ1) is 15.4. The van der Waals surface area contributed by atoms with Crippen LogP contribution in [0.1, 0.15) is 30.6 Å². The van der Waals surface area contributed by atoms with Gasteiger partial charge in [-0.05, 0) is 36.7 Å². The Bertz CT molecular complexity index is 451. The predicted octanol–water partition coefficient (Wildman–Crippen LogP) is 1.98. The number of thiocarbonyl (C=S) groups is 1. The van der Waals surface area contributed by atoms with Gasteiger partial charge in [-0.1, -0.05) is 26.0 Å². The van der Waals surface area contributed by atoms with Crippen molar-refractivity contribution in [3.63, 3.8) is 0 Å². The Hall–Kier alpha value is -1.69. The highest BCUT2D eigenvalue weighted by atomic mass is 32.1. The molecule has 0 aromatic heterocycles. The fraction of sp³-hybridized carbons (Fsp3) is 0.385. The van der Waals surface area contributed by atoms with Gasteiger partial charge >= 0.3 is 0 Å². The van der Waals surface area contributed by atoms with Gasteiger partial charge in [-0.15, -0.1) is 0 Å². The number of carbonyl (C=O) groups excluding carboxylic acids is 1. The summed E-state index contributed by atoms with van der Waals surface area (Å²) in [7, 11) is 0. The number of hydrogen-bond donors (Lipinski definition) is 3. The van der Waals surface area contributed by atoms with E-state index in [2.05, 4.69) is 30.0 Å². The molecule has 0 unspecified atom stereocenters. The molecule has 3 N–H and O–H groups in total. The van der Waals surface area contributed by atoms with Crippen LogP contribution in [0.5, 0.6) is 0 Å². The zero-order valence-corrected chi connectivity index (χ0v) is 11.8. The molecule has 19 heavy (non-hydrogen) atoms. The van der Waals surface area contributed by atoms with Gasteiger partial charge in [0.15, 0.2) is 5.11 Å². The lowest BCUT2D eigenvalue weighted by atomic mass is 10.1. The molecular formula is C13H18FN3OS. The standard InChI is InChI=1S/C13H18FN3OS/c1-9(2)7-8-15-13(19)17-16-12(18)10-5-3-4-6-11(10)14/h3-6,9H,7-8H2,1-2H3,(H,16,18)(H2,15,17,19). The van der Waals surface area contributed by atoms with Crippen molar-refractivity contribution in [2.75, 3.05) is 6.54 Å². The first-order valence-electron chi connectivity index (χ1n) is 6.09. The maximum Gasteiger partial charge on any atom is 0.272 e. The van der Waals surface area contributed by atoms with Crippen LogP contribution in [0.3, 0.4) is 0 Å². The van der Waals surface area contributed by atoms with E-state index >= 15 is 0 Å². The molecule has 4 nitrogen and oxygen atoms in total. The van der Waals surface area contributed by atoms with Crippen molar-refractivity contribution < 1.29 is 9.18 Å². The van der Waals surface area contributed by atoms with Crippen LogP contribution >= 0.6 is 12.2 Å². The summed E-state index contributed by atoms with van der Waals surface area (Å²) in [5.41, 5.74) is 4.85. The van der Waals surface area contributed by atoms with E-state index in [9.17, 15) is 9.18 Å². The van der Waals surface area contributed by atoms with Crippen LogP contribution in [0.15, 0.2) is 24.3 Å². The van der Waals surface area contributed by atoms with Gasteiger partial charge in [-0.25, -0.2) is 4.39 Å². The summed E-state index contributed by atoms with van der Waals surface area (Å²) in [6, 6.07) is 5.75. The highest BCUT2D eigenvalue weighted by Gasteiger charge is 2.10. The molecule has 1 aromatic carbocycles. The monoisotopic (exact) mass is 283 g/mol. The van der Waals surface area contributed by atoms with Gasteiger partial charge in [0.25, 0.3) is 5.91 Å². The Labute approximate surface area is 117 Å². The highest BCUT2D eigenvalue weighted by molar-refractivity contribution is 7.80. The van der Waals surface area contributed by atoms with Crippen molar-refractivity contribution in [2.45, 2.75) is 20.3 Å². The molecule has 0 saturated carbocycles. The molecule has 6 heteroatoms. The third-order valence-corrected chi connectivity index (χ3v) is 2.66. The normalized spacial score (nSPS) is 10.1. The molecule has 1 amide bonds. The van der Waals surface area contributed by atoms with Gasteiger partial charge in [-0.2, -0.15) is 0 Å². The molecule has 0 heterocycles. The molecule has 0 aliphatic heterocycles. The summed E-state index contributed by atoms with van der Waals surface area (Å²) in [6.45, 7) is 4.94.